The monoisotopic (exact) mass is 285 g/mol. The van der Waals surface area contributed by atoms with E-state index < -0.39 is 0 Å². The summed E-state index contributed by atoms with van der Waals surface area (Å²) in [5.41, 5.74) is 3.29. The fraction of sp³-hybridized carbons (Fsp3) is 0.357. The molecule has 7 heteroatoms. The van der Waals surface area contributed by atoms with E-state index in [-0.39, 0.29) is 18.9 Å². The van der Waals surface area contributed by atoms with Crippen LogP contribution in [0.25, 0.3) is 22.4 Å². The van der Waals surface area contributed by atoms with Crippen molar-refractivity contribution >= 4 is 11.2 Å². The molecule has 3 aromatic rings. The maximum atomic E-state index is 9.18. The second-order valence-corrected chi connectivity index (χ2v) is 5.12. The predicted molar refractivity (Wildman–Crippen MR) is 75.3 cm³/mol. The molecule has 0 amide bonds. The van der Waals surface area contributed by atoms with Gasteiger partial charge in [-0.3, -0.25) is 4.57 Å². The summed E-state index contributed by atoms with van der Waals surface area (Å²) in [4.78, 5) is 16.1. The van der Waals surface area contributed by atoms with Crippen LogP contribution in [0.15, 0.2) is 31.1 Å². The van der Waals surface area contributed by atoms with Gasteiger partial charge >= 0.3 is 0 Å². The van der Waals surface area contributed by atoms with Crippen LogP contribution in [0.2, 0.25) is 0 Å². The average Bonchev–Trinajstić information content (AvgIpc) is 3.25. The van der Waals surface area contributed by atoms with Gasteiger partial charge in [0.05, 0.1) is 19.0 Å². The lowest BCUT2D eigenvalue weighted by Gasteiger charge is -2.13. The summed E-state index contributed by atoms with van der Waals surface area (Å²) < 4.78 is 7.72. The van der Waals surface area contributed by atoms with E-state index in [0.717, 1.165) is 35.3 Å². The minimum absolute atomic E-state index is 0.0483. The first-order valence-corrected chi connectivity index (χ1v) is 6.94. The van der Waals surface area contributed by atoms with E-state index in [0.29, 0.717) is 0 Å². The van der Waals surface area contributed by atoms with Crippen LogP contribution in [0.1, 0.15) is 19.1 Å². The van der Waals surface area contributed by atoms with Crippen molar-refractivity contribution in [2.75, 3.05) is 6.61 Å². The maximum Gasteiger partial charge on any atom is 0.165 e. The summed E-state index contributed by atoms with van der Waals surface area (Å²) in [6, 6.07) is 1.95. The van der Waals surface area contributed by atoms with E-state index in [4.69, 9.17) is 4.74 Å². The predicted octanol–water partition coefficient (Wildman–Crippen LogP) is 1.49. The molecule has 1 saturated heterocycles. The Labute approximate surface area is 120 Å². The zero-order chi connectivity index (χ0) is 14.2. The summed E-state index contributed by atoms with van der Waals surface area (Å²) in [6.07, 6.45) is 8.48. The molecule has 4 rings (SSSR count). The molecular formula is C14H15N5O2. The number of nitrogens with one attached hydrogen (secondary N) is 1. The van der Waals surface area contributed by atoms with E-state index in [1.165, 1.54) is 0 Å². The zero-order valence-electron chi connectivity index (χ0n) is 11.3. The summed E-state index contributed by atoms with van der Waals surface area (Å²) in [5, 5.41) is 9.18. The molecule has 2 unspecified atom stereocenters. The molecule has 0 saturated carbocycles. The number of fused-ring (bicyclic) bond motifs is 1. The van der Waals surface area contributed by atoms with Gasteiger partial charge in [0.2, 0.25) is 0 Å². The highest BCUT2D eigenvalue weighted by Crippen LogP contribution is 2.31. The van der Waals surface area contributed by atoms with Gasteiger partial charge in [-0.05, 0) is 18.9 Å². The molecule has 108 valence electrons. The fourth-order valence-electron chi connectivity index (χ4n) is 2.77. The minimum Gasteiger partial charge on any atom is -0.394 e. The average molecular weight is 285 g/mol. The fourth-order valence-corrected chi connectivity index (χ4v) is 2.77. The number of hydrogen-bond acceptors (Lipinski definition) is 5. The molecule has 21 heavy (non-hydrogen) atoms. The van der Waals surface area contributed by atoms with Gasteiger partial charge in [-0.25, -0.2) is 15.0 Å². The first kappa shape index (κ1) is 12.5. The van der Waals surface area contributed by atoms with Gasteiger partial charge in [0, 0.05) is 18.0 Å². The Bertz CT molecular complexity index is 752. The maximum absolute atomic E-state index is 9.18. The highest BCUT2D eigenvalue weighted by atomic mass is 16.5. The Hall–Kier alpha value is -2.25. The topological polar surface area (TPSA) is 88.8 Å². The van der Waals surface area contributed by atoms with Gasteiger partial charge in [0.25, 0.3) is 0 Å². The van der Waals surface area contributed by atoms with Crippen LogP contribution in [-0.2, 0) is 4.74 Å². The van der Waals surface area contributed by atoms with Crippen LogP contribution < -0.4 is 0 Å². The van der Waals surface area contributed by atoms with Gasteiger partial charge in [-0.1, -0.05) is 0 Å². The van der Waals surface area contributed by atoms with Crippen molar-refractivity contribution in [2.24, 2.45) is 0 Å². The quantitative estimate of drug-likeness (QED) is 0.761. The Morgan fingerprint density at radius 2 is 2.29 bits per heavy atom. The smallest absolute Gasteiger partial charge is 0.165 e. The number of hydrogen-bond donors (Lipinski definition) is 2. The Balaban J connectivity index is 1.78. The standard InChI is InChI=1S/C14H15N5O2/c20-6-10-1-2-11(21-10)19-8-18-13-12(9-3-4-15-5-9)16-7-17-14(13)19/h3-5,7-8,10-11,15,20H,1-2,6H2. The molecule has 7 nitrogen and oxygen atoms in total. The second kappa shape index (κ2) is 4.94. The lowest BCUT2D eigenvalue weighted by molar-refractivity contribution is -0.0207. The summed E-state index contributed by atoms with van der Waals surface area (Å²) >= 11 is 0. The summed E-state index contributed by atoms with van der Waals surface area (Å²) in [6.45, 7) is 0.0483. The zero-order valence-corrected chi connectivity index (χ0v) is 11.3. The molecule has 0 aromatic carbocycles. The van der Waals surface area contributed by atoms with E-state index in [2.05, 4.69) is 19.9 Å². The molecular weight excluding hydrogens is 270 g/mol. The molecule has 2 N–H and O–H groups in total. The van der Waals surface area contributed by atoms with Gasteiger partial charge in [0.15, 0.2) is 5.65 Å². The van der Waals surface area contributed by atoms with Crippen LogP contribution in [0.5, 0.6) is 0 Å². The third kappa shape index (κ3) is 2.01. The lowest BCUT2D eigenvalue weighted by atomic mass is 10.2. The number of ether oxygens (including phenoxy) is 1. The van der Waals surface area contributed by atoms with Crippen molar-refractivity contribution in [1.29, 1.82) is 0 Å². The molecule has 0 bridgehead atoms. The van der Waals surface area contributed by atoms with Crippen molar-refractivity contribution in [3.63, 3.8) is 0 Å². The van der Waals surface area contributed by atoms with Crippen LogP contribution >= 0.6 is 0 Å². The van der Waals surface area contributed by atoms with Crippen LogP contribution in [-0.4, -0.2) is 42.3 Å². The lowest BCUT2D eigenvalue weighted by Crippen LogP contribution is -2.14. The molecule has 0 radical (unpaired) electrons. The first-order chi connectivity index (χ1) is 10.4. The molecule has 0 aliphatic carbocycles. The number of nitrogens with zero attached hydrogens (tertiary/aromatic N) is 4. The third-order valence-electron chi connectivity index (χ3n) is 3.83. The van der Waals surface area contributed by atoms with E-state index >= 15 is 0 Å². The molecule has 4 heterocycles. The Kier molecular flexibility index (Phi) is 2.94. The highest BCUT2D eigenvalue weighted by Gasteiger charge is 2.27. The van der Waals surface area contributed by atoms with Gasteiger partial charge < -0.3 is 14.8 Å². The number of rotatable bonds is 3. The number of aromatic nitrogens is 5. The van der Waals surface area contributed by atoms with E-state index in [1.807, 2.05) is 23.0 Å². The number of imidazole rings is 1. The van der Waals surface area contributed by atoms with E-state index in [9.17, 15) is 5.11 Å². The number of aliphatic hydroxyl groups is 1. The minimum atomic E-state index is -0.124. The Morgan fingerprint density at radius 3 is 3.05 bits per heavy atom. The second-order valence-electron chi connectivity index (χ2n) is 5.12. The number of aliphatic hydroxyl groups excluding tert-OH is 1. The molecule has 3 aromatic heterocycles. The molecule has 1 aliphatic rings. The van der Waals surface area contributed by atoms with Crippen LogP contribution in [0.3, 0.4) is 0 Å². The van der Waals surface area contributed by atoms with Crippen molar-refractivity contribution in [3.8, 4) is 11.3 Å². The first-order valence-electron chi connectivity index (χ1n) is 6.94. The molecule has 2 atom stereocenters. The Morgan fingerprint density at radius 1 is 1.33 bits per heavy atom. The third-order valence-corrected chi connectivity index (χ3v) is 3.83. The molecule has 0 spiro atoms. The van der Waals surface area contributed by atoms with Gasteiger partial charge in [-0.15, -0.1) is 0 Å². The highest BCUT2D eigenvalue weighted by molar-refractivity contribution is 5.86. The van der Waals surface area contributed by atoms with Crippen molar-refractivity contribution < 1.29 is 9.84 Å². The molecule has 1 fully saturated rings. The normalized spacial score (nSPS) is 22.1. The number of aromatic amines is 1. The largest absolute Gasteiger partial charge is 0.394 e. The van der Waals surface area contributed by atoms with Gasteiger partial charge in [0.1, 0.15) is 23.8 Å². The SMILES string of the molecule is OCC1CCC(n2cnc3c(-c4cc[nH]c4)ncnc32)O1. The molecule has 1 aliphatic heterocycles. The van der Waals surface area contributed by atoms with Crippen LogP contribution in [0, 0.1) is 0 Å². The van der Waals surface area contributed by atoms with Crippen LogP contribution in [0.4, 0.5) is 0 Å². The summed E-state index contributed by atoms with van der Waals surface area (Å²) in [7, 11) is 0. The number of H-pyrrole nitrogens is 1. The van der Waals surface area contributed by atoms with Crippen molar-refractivity contribution in [3.05, 3.63) is 31.1 Å². The summed E-state index contributed by atoms with van der Waals surface area (Å²) in [5.74, 6) is 0. The van der Waals surface area contributed by atoms with Crippen molar-refractivity contribution in [1.82, 2.24) is 24.5 Å². The van der Waals surface area contributed by atoms with E-state index in [1.54, 1.807) is 12.7 Å². The van der Waals surface area contributed by atoms with Crippen molar-refractivity contribution in [2.45, 2.75) is 25.2 Å². The van der Waals surface area contributed by atoms with Gasteiger partial charge in [-0.2, -0.15) is 0 Å².